The van der Waals surface area contributed by atoms with Crippen molar-refractivity contribution < 1.29 is 24.5 Å². The van der Waals surface area contributed by atoms with E-state index in [-0.39, 0.29) is 42.2 Å². The van der Waals surface area contributed by atoms with Crippen molar-refractivity contribution in [1.29, 1.82) is 0 Å². The van der Waals surface area contributed by atoms with E-state index < -0.39 is 11.5 Å². The molecule has 5 rings (SSSR count). The molecule has 0 unspecified atom stereocenters. The molecule has 38 heavy (non-hydrogen) atoms. The predicted octanol–water partition coefficient (Wildman–Crippen LogP) is 2.52. The van der Waals surface area contributed by atoms with Gasteiger partial charge in [-0.3, -0.25) is 15.1 Å². The van der Waals surface area contributed by atoms with Crippen LogP contribution < -0.4 is 10.6 Å². The highest BCUT2D eigenvalue weighted by Gasteiger charge is 2.59. The van der Waals surface area contributed by atoms with Gasteiger partial charge in [-0.15, -0.1) is 11.3 Å². The Balaban J connectivity index is 1.42. The van der Waals surface area contributed by atoms with E-state index in [2.05, 4.69) is 22.5 Å². The molecule has 2 aromatic rings. The summed E-state index contributed by atoms with van der Waals surface area (Å²) in [5.41, 5.74) is 0.717. The second-order valence-corrected chi connectivity index (χ2v) is 12.3. The van der Waals surface area contributed by atoms with Gasteiger partial charge in [0.05, 0.1) is 31.6 Å². The fourth-order valence-electron chi connectivity index (χ4n) is 6.60. The Morgan fingerprint density at radius 1 is 1.29 bits per heavy atom. The summed E-state index contributed by atoms with van der Waals surface area (Å²) in [6, 6.07) is 3.55. The third-order valence-electron chi connectivity index (χ3n) is 9.01. The van der Waals surface area contributed by atoms with E-state index in [4.69, 9.17) is 9.72 Å². The molecule has 3 aliphatic rings. The van der Waals surface area contributed by atoms with Crippen molar-refractivity contribution in [3.05, 3.63) is 40.7 Å². The number of fused-ring (bicyclic) bond motifs is 2. The molecule has 0 radical (unpaired) electrons. The monoisotopic (exact) mass is 543 g/mol. The molecule has 206 valence electrons. The van der Waals surface area contributed by atoms with Gasteiger partial charge in [-0.05, 0) is 42.2 Å². The molecule has 1 saturated heterocycles. The lowest BCUT2D eigenvalue weighted by Gasteiger charge is -2.58. The molecule has 1 aliphatic heterocycles. The van der Waals surface area contributed by atoms with Gasteiger partial charge >= 0.3 is 6.03 Å². The first kappa shape index (κ1) is 27.0. The summed E-state index contributed by atoms with van der Waals surface area (Å²) in [7, 11) is 0. The van der Waals surface area contributed by atoms with Gasteiger partial charge < -0.3 is 25.2 Å². The highest BCUT2D eigenvalue weighted by molar-refractivity contribution is 7.15. The van der Waals surface area contributed by atoms with Gasteiger partial charge in [-0.25, -0.2) is 9.78 Å². The number of carbonyl (C=O) groups is 2. The molecule has 3 amide bonds. The summed E-state index contributed by atoms with van der Waals surface area (Å²) >= 11 is 1.43. The average Bonchev–Trinajstić information content (AvgIpc) is 3.34. The molecule has 2 fully saturated rings. The summed E-state index contributed by atoms with van der Waals surface area (Å²) in [6.45, 7) is 6.46. The number of amides is 3. The van der Waals surface area contributed by atoms with E-state index in [1.54, 1.807) is 17.3 Å². The summed E-state index contributed by atoms with van der Waals surface area (Å²) in [5.74, 6) is -0.347. The Labute approximate surface area is 226 Å². The fourth-order valence-corrected chi connectivity index (χ4v) is 7.66. The lowest BCUT2D eigenvalue weighted by atomic mass is 9.47. The average molecular weight is 544 g/mol. The van der Waals surface area contributed by atoms with Crippen molar-refractivity contribution in [2.24, 2.45) is 16.7 Å². The number of aliphatic hydroxyl groups is 2. The van der Waals surface area contributed by atoms with E-state index in [0.29, 0.717) is 50.8 Å². The zero-order valence-corrected chi connectivity index (χ0v) is 22.8. The summed E-state index contributed by atoms with van der Waals surface area (Å²) in [5, 5.41) is 27.9. The molecule has 4 N–H and O–H groups in total. The van der Waals surface area contributed by atoms with Crippen LogP contribution in [0.1, 0.15) is 55.2 Å². The van der Waals surface area contributed by atoms with Gasteiger partial charge in [-0.2, -0.15) is 0 Å². The maximum absolute atomic E-state index is 13.3. The van der Waals surface area contributed by atoms with E-state index in [1.807, 2.05) is 19.1 Å². The number of ether oxygens (including phenoxy) is 1. The third kappa shape index (κ3) is 5.04. The molecule has 1 saturated carbocycles. The molecule has 5 atom stereocenters. The maximum atomic E-state index is 13.3. The Morgan fingerprint density at radius 2 is 2.08 bits per heavy atom. The van der Waals surface area contributed by atoms with Gasteiger partial charge in [0.15, 0.2) is 5.13 Å². The topological polar surface area (TPSA) is 137 Å². The van der Waals surface area contributed by atoms with Crippen LogP contribution in [0.2, 0.25) is 0 Å². The number of carbonyl (C=O) groups excluding carboxylic acids is 2. The zero-order valence-electron chi connectivity index (χ0n) is 22.0. The van der Waals surface area contributed by atoms with Crippen molar-refractivity contribution in [2.75, 3.05) is 38.2 Å². The van der Waals surface area contributed by atoms with Gasteiger partial charge in [0.1, 0.15) is 0 Å². The predicted molar refractivity (Wildman–Crippen MR) is 143 cm³/mol. The molecule has 2 aromatic heterocycles. The Morgan fingerprint density at radius 3 is 2.79 bits per heavy atom. The van der Waals surface area contributed by atoms with Crippen LogP contribution in [-0.2, 0) is 22.5 Å². The number of morpholine rings is 1. The third-order valence-corrected chi connectivity index (χ3v) is 10.0. The van der Waals surface area contributed by atoms with Crippen molar-refractivity contribution in [3.8, 4) is 0 Å². The number of hydrogen-bond donors (Lipinski definition) is 4. The van der Waals surface area contributed by atoms with Crippen molar-refractivity contribution >= 4 is 28.4 Å². The lowest BCUT2D eigenvalue weighted by Crippen LogP contribution is -2.57. The van der Waals surface area contributed by atoms with Crippen LogP contribution >= 0.6 is 11.3 Å². The summed E-state index contributed by atoms with van der Waals surface area (Å²) in [6.07, 6.45) is 4.95. The Hall–Kier alpha value is -2.60. The number of aromatic nitrogens is 2. The number of rotatable bonds is 6. The second kappa shape index (κ2) is 10.9. The number of aliphatic hydroxyl groups excluding tert-OH is 2. The molecule has 0 spiro atoms. The standard InChI is InChI=1S/C27H37N5O5S/c1-26-6-5-21(34)27(2,16-33)20(26)13-19-23(18(26)12-22(35)29-15-17-4-3-7-28-14-17)30-24(38-19)31-25(36)32-8-10-37-11-9-32/h3-4,7,14,18,20-21,33-34H,5-6,8-13,15-16H2,1-2H3,(H,29,35)(H,30,31,36)/t18-,20+,21-,26+,27+/m1/s1. The van der Waals surface area contributed by atoms with Gasteiger partial charge in [-0.1, -0.05) is 19.9 Å². The molecule has 0 bridgehead atoms. The van der Waals surface area contributed by atoms with Crippen LogP contribution in [0, 0.1) is 16.7 Å². The largest absolute Gasteiger partial charge is 0.396 e. The van der Waals surface area contributed by atoms with Gasteiger partial charge in [0.2, 0.25) is 5.91 Å². The lowest BCUT2D eigenvalue weighted by molar-refractivity contribution is -0.144. The van der Waals surface area contributed by atoms with E-state index in [9.17, 15) is 19.8 Å². The number of nitrogens with one attached hydrogen (secondary N) is 2. The van der Waals surface area contributed by atoms with Crippen LogP contribution in [-0.4, -0.2) is 76.0 Å². The molecular weight excluding hydrogens is 506 g/mol. The first-order valence-electron chi connectivity index (χ1n) is 13.3. The molecule has 3 heterocycles. The number of thiazole rings is 1. The zero-order chi connectivity index (χ0) is 26.9. The quantitative estimate of drug-likeness (QED) is 0.439. The maximum Gasteiger partial charge on any atom is 0.323 e. The summed E-state index contributed by atoms with van der Waals surface area (Å²) in [4.78, 5) is 37.8. The SMILES string of the molecule is C[C@]1(CO)[C@H]2Cc3sc(NC(=O)N4CCOCC4)nc3[C@@H](CC(=O)NCc3cccnc3)[C@]2(C)CC[C@H]1O. The van der Waals surface area contributed by atoms with Crippen molar-refractivity contribution in [2.45, 2.75) is 58.1 Å². The Bertz CT molecular complexity index is 1160. The number of hydrogen-bond acceptors (Lipinski definition) is 8. The number of anilines is 1. The first-order valence-corrected chi connectivity index (χ1v) is 14.1. The fraction of sp³-hybridized carbons (Fsp3) is 0.630. The Kier molecular flexibility index (Phi) is 7.72. The van der Waals surface area contributed by atoms with Crippen LogP contribution in [0.5, 0.6) is 0 Å². The van der Waals surface area contributed by atoms with Crippen LogP contribution in [0.4, 0.5) is 9.93 Å². The second-order valence-electron chi connectivity index (χ2n) is 11.2. The number of pyridine rings is 1. The van der Waals surface area contributed by atoms with Crippen LogP contribution in [0.3, 0.4) is 0 Å². The van der Waals surface area contributed by atoms with E-state index in [1.165, 1.54) is 11.3 Å². The molecular formula is C27H37N5O5S. The van der Waals surface area contributed by atoms with Gasteiger partial charge in [0.25, 0.3) is 0 Å². The molecule has 11 heteroatoms. The highest BCUT2D eigenvalue weighted by atomic mass is 32.1. The van der Waals surface area contributed by atoms with Crippen molar-refractivity contribution in [1.82, 2.24) is 20.2 Å². The summed E-state index contributed by atoms with van der Waals surface area (Å²) < 4.78 is 5.35. The number of urea groups is 1. The molecule has 0 aromatic carbocycles. The van der Waals surface area contributed by atoms with E-state index in [0.717, 1.165) is 22.6 Å². The van der Waals surface area contributed by atoms with Crippen LogP contribution in [0.15, 0.2) is 24.5 Å². The smallest absolute Gasteiger partial charge is 0.323 e. The number of nitrogens with zero attached hydrogens (tertiary/aromatic N) is 3. The molecule has 2 aliphatic carbocycles. The first-order chi connectivity index (χ1) is 18.2. The van der Waals surface area contributed by atoms with Crippen LogP contribution in [0.25, 0.3) is 0 Å². The minimum Gasteiger partial charge on any atom is -0.396 e. The normalized spacial score (nSPS) is 30.7. The minimum absolute atomic E-state index is 0.0457. The molecule has 10 nitrogen and oxygen atoms in total. The van der Waals surface area contributed by atoms with Crippen molar-refractivity contribution in [3.63, 3.8) is 0 Å². The van der Waals surface area contributed by atoms with Gasteiger partial charge in [0, 0.05) is 54.7 Å². The van der Waals surface area contributed by atoms with E-state index >= 15 is 0 Å². The minimum atomic E-state index is -0.698. The highest BCUT2D eigenvalue weighted by Crippen LogP contribution is 2.62.